The lowest BCUT2D eigenvalue weighted by molar-refractivity contribution is 0.620. The fourth-order valence-corrected chi connectivity index (χ4v) is 4.07. The lowest BCUT2D eigenvalue weighted by Crippen LogP contribution is -2.21. The van der Waals surface area contributed by atoms with Crippen molar-refractivity contribution in [3.05, 3.63) is 76.3 Å². The quantitative estimate of drug-likeness (QED) is 0.375. The van der Waals surface area contributed by atoms with Crippen molar-refractivity contribution in [2.45, 2.75) is 46.2 Å². The van der Waals surface area contributed by atoms with Gasteiger partial charge in [-0.3, -0.25) is 9.36 Å². The van der Waals surface area contributed by atoms with Crippen LogP contribution >= 0.6 is 0 Å². The molecule has 0 aliphatic rings. The van der Waals surface area contributed by atoms with Crippen LogP contribution in [0.2, 0.25) is 0 Å². The van der Waals surface area contributed by atoms with Gasteiger partial charge in [0.25, 0.3) is 5.56 Å². The number of rotatable bonds is 6. The summed E-state index contributed by atoms with van der Waals surface area (Å²) < 4.78 is 3.73. The van der Waals surface area contributed by atoms with Crippen molar-refractivity contribution in [3.8, 4) is 0 Å². The zero-order chi connectivity index (χ0) is 21.4. The van der Waals surface area contributed by atoms with E-state index in [2.05, 4.69) is 30.5 Å². The van der Waals surface area contributed by atoms with Gasteiger partial charge in [0.1, 0.15) is 17.2 Å². The second kappa shape index (κ2) is 7.95. The predicted molar refractivity (Wildman–Crippen MR) is 124 cm³/mol. The lowest BCUT2D eigenvalue weighted by Gasteiger charge is -2.08. The van der Waals surface area contributed by atoms with Crippen LogP contribution in [0.1, 0.15) is 37.3 Å². The van der Waals surface area contributed by atoms with Crippen LogP contribution < -0.4 is 5.56 Å². The Kier molecular flexibility index (Phi) is 4.98. The van der Waals surface area contributed by atoms with Crippen LogP contribution in [0.25, 0.3) is 33.2 Å². The van der Waals surface area contributed by atoms with Gasteiger partial charge >= 0.3 is 0 Å². The molecule has 6 nitrogen and oxygen atoms in total. The van der Waals surface area contributed by atoms with Crippen LogP contribution in [-0.4, -0.2) is 24.1 Å². The number of aromatic nitrogens is 5. The molecule has 5 aromatic rings. The van der Waals surface area contributed by atoms with Crippen molar-refractivity contribution in [1.82, 2.24) is 24.1 Å². The highest BCUT2D eigenvalue weighted by molar-refractivity contribution is 6.04. The van der Waals surface area contributed by atoms with E-state index in [1.165, 1.54) is 5.56 Å². The van der Waals surface area contributed by atoms with Gasteiger partial charge in [0.05, 0.1) is 17.6 Å². The van der Waals surface area contributed by atoms with Gasteiger partial charge in [-0.25, -0.2) is 15.0 Å². The topological polar surface area (TPSA) is 65.6 Å². The summed E-state index contributed by atoms with van der Waals surface area (Å²) in [4.78, 5) is 28.0. The van der Waals surface area contributed by atoms with Crippen LogP contribution in [-0.2, 0) is 13.1 Å². The second-order valence-corrected chi connectivity index (χ2v) is 8.11. The molecule has 0 aliphatic carbocycles. The maximum absolute atomic E-state index is 13.5. The van der Waals surface area contributed by atoms with Crippen molar-refractivity contribution >= 4 is 33.2 Å². The highest BCUT2D eigenvalue weighted by atomic mass is 16.1. The summed E-state index contributed by atoms with van der Waals surface area (Å²) in [5.41, 5.74) is 5.86. The van der Waals surface area contributed by atoms with Crippen molar-refractivity contribution in [2.24, 2.45) is 0 Å². The molecule has 0 saturated heterocycles. The molecular formula is C25H25N5O. The van der Waals surface area contributed by atoms with Gasteiger partial charge in [-0.05, 0) is 31.0 Å². The van der Waals surface area contributed by atoms with Crippen LogP contribution in [0.4, 0.5) is 0 Å². The van der Waals surface area contributed by atoms with Gasteiger partial charge in [0.2, 0.25) is 0 Å². The van der Waals surface area contributed by atoms with E-state index in [0.29, 0.717) is 23.1 Å². The van der Waals surface area contributed by atoms with Gasteiger partial charge < -0.3 is 4.57 Å². The van der Waals surface area contributed by atoms with E-state index in [0.717, 1.165) is 48.1 Å². The molecule has 3 heterocycles. The molecule has 0 fully saturated rings. The number of nitrogens with zero attached hydrogens (tertiary/aromatic N) is 5. The average molecular weight is 412 g/mol. The van der Waals surface area contributed by atoms with E-state index in [4.69, 9.17) is 15.0 Å². The Morgan fingerprint density at radius 2 is 1.65 bits per heavy atom. The summed E-state index contributed by atoms with van der Waals surface area (Å²) in [6, 6.07) is 16.0. The molecule has 0 atom stereocenters. The number of fused-ring (bicyclic) bond motifs is 4. The van der Waals surface area contributed by atoms with Crippen LogP contribution in [0, 0.1) is 6.92 Å². The Labute approximate surface area is 180 Å². The first-order chi connectivity index (χ1) is 15.2. The molecule has 0 radical (unpaired) electrons. The summed E-state index contributed by atoms with van der Waals surface area (Å²) >= 11 is 0. The molecular weight excluding hydrogens is 386 g/mol. The molecule has 0 aliphatic heterocycles. The zero-order valence-electron chi connectivity index (χ0n) is 17.9. The molecule has 0 amide bonds. The molecule has 156 valence electrons. The average Bonchev–Trinajstić information content (AvgIpc) is 3.09. The van der Waals surface area contributed by atoms with Gasteiger partial charge in [0.15, 0.2) is 11.3 Å². The minimum absolute atomic E-state index is 0.0746. The third-order valence-corrected chi connectivity index (χ3v) is 5.78. The minimum Gasteiger partial charge on any atom is -0.308 e. The van der Waals surface area contributed by atoms with E-state index in [-0.39, 0.29) is 5.56 Å². The first-order valence-electron chi connectivity index (χ1n) is 10.9. The molecule has 5 rings (SSSR count). The number of para-hydroxylation sites is 2. The highest BCUT2D eigenvalue weighted by Gasteiger charge is 2.19. The fourth-order valence-electron chi connectivity index (χ4n) is 4.07. The smallest absolute Gasteiger partial charge is 0.265 e. The number of unbranched alkanes of at least 4 members (excludes halogenated alkanes) is 2. The standard InChI is InChI=1S/C25H25N5O/c1-3-4-7-14-30-23-21(22-24(30)28-20-9-6-5-8-19(20)27-22)25(31)29(16-26-23)15-18-12-10-17(2)11-13-18/h5-6,8-13,16H,3-4,7,14-15H2,1-2H3. The van der Waals surface area contributed by atoms with Gasteiger partial charge in [0, 0.05) is 6.54 Å². The Morgan fingerprint density at radius 3 is 2.39 bits per heavy atom. The van der Waals surface area contributed by atoms with E-state index in [1.54, 1.807) is 10.9 Å². The largest absolute Gasteiger partial charge is 0.308 e. The van der Waals surface area contributed by atoms with Gasteiger partial charge in [-0.1, -0.05) is 61.7 Å². The predicted octanol–water partition coefficient (Wildman–Crippen LogP) is 4.84. The maximum Gasteiger partial charge on any atom is 0.265 e. The minimum atomic E-state index is -0.0746. The summed E-state index contributed by atoms with van der Waals surface area (Å²) in [7, 11) is 0. The third kappa shape index (κ3) is 3.48. The van der Waals surface area contributed by atoms with E-state index < -0.39 is 0 Å². The molecule has 0 unspecified atom stereocenters. The fraction of sp³-hybridized carbons (Fsp3) is 0.280. The molecule has 0 bridgehead atoms. The molecule has 0 saturated carbocycles. The number of hydrogen-bond donors (Lipinski definition) is 0. The van der Waals surface area contributed by atoms with Crippen LogP contribution in [0.3, 0.4) is 0 Å². The number of benzene rings is 2. The van der Waals surface area contributed by atoms with E-state index in [9.17, 15) is 4.79 Å². The Morgan fingerprint density at radius 1 is 0.903 bits per heavy atom. The van der Waals surface area contributed by atoms with Crippen molar-refractivity contribution in [3.63, 3.8) is 0 Å². The van der Waals surface area contributed by atoms with Crippen LogP contribution in [0.15, 0.2) is 59.7 Å². The molecule has 6 heteroatoms. The van der Waals surface area contributed by atoms with Crippen molar-refractivity contribution in [2.75, 3.05) is 0 Å². The second-order valence-electron chi connectivity index (χ2n) is 8.11. The van der Waals surface area contributed by atoms with E-state index in [1.807, 2.05) is 36.4 Å². The molecule has 31 heavy (non-hydrogen) atoms. The number of hydrogen-bond acceptors (Lipinski definition) is 4. The van der Waals surface area contributed by atoms with Gasteiger partial charge in [-0.15, -0.1) is 0 Å². The van der Waals surface area contributed by atoms with Crippen molar-refractivity contribution < 1.29 is 0 Å². The zero-order valence-corrected chi connectivity index (χ0v) is 17.9. The van der Waals surface area contributed by atoms with Crippen LogP contribution in [0.5, 0.6) is 0 Å². The monoisotopic (exact) mass is 411 g/mol. The first kappa shape index (κ1) is 19.4. The Bertz CT molecular complexity index is 1450. The normalized spacial score (nSPS) is 11.7. The highest BCUT2D eigenvalue weighted by Crippen LogP contribution is 2.25. The first-order valence-corrected chi connectivity index (χ1v) is 10.9. The summed E-state index contributed by atoms with van der Waals surface area (Å²) in [6.07, 6.45) is 4.91. The SMILES string of the molecule is CCCCCn1c2nc3ccccc3nc2c2c(=O)n(Cc3ccc(C)cc3)cnc21. The lowest BCUT2D eigenvalue weighted by atomic mass is 10.1. The van der Waals surface area contributed by atoms with Gasteiger partial charge in [-0.2, -0.15) is 0 Å². The Hall–Kier alpha value is -3.54. The van der Waals surface area contributed by atoms with E-state index >= 15 is 0 Å². The Balaban J connectivity index is 1.73. The molecule has 3 aromatic heterocycles. The summed E-state index contributed by atoms with van der Waals surface area (Å²) in [5.74, 6) is 0. The molecule has 2 aromatic carbocycles. The number of aryl methyl sites for hydroxylation is 2. The third-order valence-electron chi connectivity index (χ3n) is 5.78. The summed E-state index contributed by atoms with van der Waals surface area (Å²) in [6.45, 7) is 5.49. The maximum atomic E-state index is 13.5. The molecule has 0 spiro atoms. The van der Waals surface area contributed by atoms with Crippen molar-refractivity contribution in [1.29, 1.82) is 0 Å². The molecule has 0 N–H and O–H groups in total. The summed E-state index contributed by atoms with van der Waals surface area (Å²) in [5, 5.41) is 0.555.